The maximum atomic E-state index is 13.9. The van der Waals surface area contributed by atoms with Gasteiger partial charge in [0.05, 0.1) is 16.7 Å². The standard InChI is InChI=1S/C13H14BrF2N3/c1-2-17-7-9-5-6-18-19(9)8-10-12(15)4-3-11(14)13(10)16/h3-6,17H,2,7-8H2,1H3. The molecule has 2 rings (SSSR count). The minimum Gasteiger partial charge on any atom is -0.311 e. The van der Waals surface area contributed by atoms with Crippen LogP contribution in [-0.2, 0) is 13.1 Å². The molecule has 0 aliphatic carbocycles. The first-order valence-corrected chi connectivity index (χ1v) is 6.76. The molecule has 102 valence electrons. The summed E-state index contributed by atoms with van der Waals surface area (Å²) >= 11 is 3.06. The van der Waals surface area contributed by atoms with Crippen LogP contribution >= 0.6 is 15.9 Å². The van der Waals surface area contributed by atoms with E-state index >= 15 is 0 Å². The van der Waals surface area contributed by atoms with E-state index in [0.717, 1.165) is 12.2 Å². The molecule has 6 heteroatoms. The van der Waals surface area contributed by atoms with Gasteiger partial charge in [-0.25, -0.2) is 8.78 Å². The maximum Gasteiger partial charge on any atom is 0.145 e. The highest BCUT2D eigenvalue weighted by Gasteiger charge is 2.14. The molecule has 0 atom stereocenters. The molecule has 3 nitrogen and oxygen atoms in total. The molecule has 0 saturated carbocycles. The third-order valence-electron chi connectivity index (χ3n) is 2.81. The minimum atomic E-state index is -0.579. The van der Waals surface area contributed by atoms with Gasteiger partial charge >= 0.3 is 0 Å². The van der Waals surface area contributed by atoms with E-state index in [1.807, 2.05) is 13.0 Å². The molecule has 1 heterocycles. The van der Waals surface area contributed by atoms with Gasteiger partial charge in [0.25, 0.3) is 0 Å². The molecule has 19 heavy (non-hydrogen) atoms. The smallest absolute Gasteiger partial charge is 0.145 e. The predicted molar refractivity (Wildman–Crippen MR) is 72.8 cm³/mol. The number of rotatable bonds is 5. The van der Waals surface area contributed by atoms with Gasteiger partial charge < -0.3 is 5.32 Å². The van der Waals surface area contributed by atoms with Crippen molar-refractivity contribution in [1.82, 2.24) is 15.1 Å². The van der Waals surface area contributed by atoms with E-state index < -0.39 is 11.6 Å². The number of nitrogens with one attached hydrogen (secondary N) is 1. The zero-order valence-corrected chi connectivity index (χ0v) is 12.0. The molecule has 0 unspecified atom stereocenters. The van der Waals surface area contributed by atoms with Crippen LogP contribution < -0.4 is 5.32 Å². The fraction of sp³-hybridized carbons (Fsp3) is 0.308. The number of aromatic nitrogens is 2. The molecule has 1 aromatic carbocycles. The molecular weight excluding hydrogens is 316 g/mol. The average molecular weight is 330 g/mol. The highest BCUT2D eigenvalue weighted by atomic mass is 79.9. The first-order valence-electron chi connectivity index (χ1n) is 5.97. The Bertz CT molecular complexity index is 569. The lowest BCUT2D eigenvalue weighted by molar-refractivity contribution is 0.518. The highest BCUT2D eigenvalue weighted by molar-refractivity contribution is 9.10. The van der Waals surface area contributed by atoms with E-state index in [2.05, 4.69) is 26.3 Å². The summed E-state index contributed by atoms with van der Waals surface area (Å²) in [6, 6.07) is 4.43. The second-order valence-electron chi connectivity index (χ2n) is 4.08. The molecule has 0 fully saturated rings. The zero-order chi connectivity index (χ0) is 13.8. The largest absolute Gasteiger partial charge is 0.311 e. The van der Waals surface area contributed by atoms with Gasteiger partial charge in [-0.1, -0.05) is 6.92 Å². The maximum absolute atomic E-state index is 13.9. The monoisotopic (exact) mass is 329 g/mol. The van der Waals surface area contributed by atoms with E-state index in [-0.39, 0.29) is 16.6 Å². The molecule has 0 radical (unpaired) electrons. The Morgan fingerprint density at radius 3 is 2.84 bits per heavy atom. The highest BCUT2D eigenvalue weighted by Crippen LogP contribution is 2.22. The number of nitrogens with zero attached hydrogens (tertiary/aromatic N) is 2. The SMILES string of the molecule is CCNCc1ccnn1Cc1c(F)ccc(Br)c1F. The van der Waals surface area contributed by atoms with Gasteiger partial charge in [0.2, 0.25) is 0 Å². The Morgan fingerprint density at radius 2 is 2.11 bits per heavy atom. The normalized spacial score (nSPS) is 10.9. The van der Waals surface area contributed by atoms with Crippen molar-refractivity contribution < 1.29 is 8.78 Å². The van der Waals surface area contributed by atoms with Crippen LogP contribution in [0.15, 0.2) is 28.9 Å². The second-order valence-corrected chi connectivity index (χ2v) is 4.94. The third-order valence-corrected chi connectivity index (χ3v) is 3.42. The number of benzene rings is 1. The molecule has 0 aliphatic rings. The average Bonchev–Trinajstić information content (AvgIpc) is 2.84. The van der Waals surface area contributed by atoms with E-state index in [1.54, 1.807) is 10.9 Å². The van der Waals surface area contributed by atoms with Crippen molar-refractivity contribution in [2.75, 3.05) is 6.54 Å². The van der Waals surface area contributed by atoms with Gasteiger partial charge in [0, 0.05) is 18.3 Å². The van der Waals surface area contributed by atoms with Gasteiger partial charge in [-0.2, -0.15) is 5.10 Å². The van der Waals surface area contributed by atoms with Crippen LogP contribution in [0.4, 0.5) is 8.78 Å². The topological polar surface area (TPSA) is 29.9 Å². The Balaban J connectivity index is 2.27. The quantitative estimate of drug-likeness (QED) is 0.854. The van der Waals surface area contributed by atoms with E-state index in [4.69, 9.17) is 0 Å². The van der Waals surface area contributed by atoms with Gasteiger partial charge in [0.1, 0.15) is 11.6 Å². The molecule has 0 spiro atoms. The van der Waals surface area contributed by atoms with Crippen LogP contribution in [0.1, 0.15) is 18.2 Å². The van der Waals surface area contributed by atoms with Crippen molar-refractivity contribution in [3.05, 3.63) is 51.8 Å². The van der Waals surface area contributed by atoms with E-state index in [0.29, 0.717) is 6.54 Å². The summed E-state index contributed by atoms with van der Waals surface area (Å²) < 4.78 is 29.4. The van der Waals surface area contributed by atoms with E-state index in [1.165, 1.54) is 12.1 Å². The van der Waals surface area contributed by atoms with Crippen LogP contribution in [0.2, 0.25) is 0 Å². The van der Waals surface area contributed by atoms with Crippen molar-refractivity contribution in [3.63, 3.8) is 0 Å². The van der Waals surface area contributed by atoms with Crippen LogP contribution in [-0.4, -0.2) is 16.3 Å². The molecular formula is C13H14BrF2N3. The molecule has 0 bridgehead atoms. The summed E-state index contributed by atoms with van der Waals surface area (Å²) in [4.78, 5) is 0. The molecule has 0 aliphatic heterocycles. The van der Waals surface area contributed by atoms with Crippen LogP contribution in [0, 0.1) is 11.6 Å². The number of halogens is 3. The van der Waals surface area contributed by atoms with Crippen LogP contribution in [0.3, 0.4) is 0 Å². The fourth-order valence-electron chi connectivity index (χ4n) is 1.77. The summed E-state index contributed by atoms with van der Waals surface area (Å²) in [6.45, 7) is 3.51. The zero-order valence-electron chi connectivity index (χ0n) is 10.5. The van der Waals surface area contributed by atoms with Gasteiger partial charge in [-0.15, -0.1) is 0 Å². The molecule has 1 N–H and O–H groups in total. The van der Waals surface area contributed by atoms with Crippen LogP contribution in [0.5, 0.6) is 0 Å². The fourth-order valence-corrected chi connectivity index (χ4v) is 2.14. The number of hydrogen-bond acceptors (Lipinski definition) is 2. The first kappa shape index (κ1) is 14.1. The summed E-state index contributed by atoms with van der Waals surface area (Å²) in [5.74, 6) is -1.14. The molecule has 2 aromatic rings. The summed E-state index contributed by atoms with van der Waals surface area (Å²) in [6.07, 6.45) is 1.63. The van der Waals surface area contributed by atoms with E-state index in [9.17, 15) is 8.78 Å². The Labute approximate surface area is 118 Å². The van der Waals surface area contributed by atoms with Crippen molar-refractivity contribution in [3.8, 4) is 0 Å². The van der Waals surface area contributed by atoms with Crippen LogP contribution in [0.25, 0.3) is 0 Å². The van der Waals surface area contributed by atoms with Crippen molar-refractivity contribution in [1.29, 1.82) is 0 Å². The third kappa shape index (κ3) is 3.19. The first-order chi connectivity index (χ1) is 9.13. The molecule has 1 aromatic heterocycles. The Morgan fingerprint density at radius 1 is 1.32 bits per heavy atom. The Hall–Kier alpha value is -1.27. The van der Waals surface area contributed by atoms with Gasteiger partial charge in [-0.05, 0) is 40.7 Å². The lowest BCUT2D eigenvalue weighted by Crippen LogP contribution is -2.17. The van der Waals surface area contributed by atoms with Gasteiger partial charge in [0.15, 0.2) is 0 Å². The number of hydrogen-bond donors (Lipinski definition) is 1. The molecule has 0 saturated heterocycles. The summed E-state index contributed by atoms with van der Waals surface area (Å²) in [5, 5.41) is 7.26. The second kappa shape index (κ2) is 6.25. The lowest BCUT2D eigenvalue weighted by atomic mass is 10.2. The minimum absolute atomic E-state index is 0.0100. The van der Waals surface area contributed by atoms with Crippen molar-refractivity contribution >= 4 is 15.9 Å². The summed E-state index contributed by atoms with van der Waals surface area (Å²) in [5.41, 5.74) is 0.899. The molecule has 0 amide bonds. The lowest BCUT2D eigenvalue weighted by Gasteiger charge is -2.10. The van der Waals surface area contributed by atoms with Crippen molar-refractivity contribution in [2.24, 2.45) is 0 Å². The summed E-state index contributed by atoms with van der Waals surface area (Å²) in [7, 11) is 0. The predicted octanol–water partition coefficient (Wildman–Crippen LogP) is 3.08. The van der Waals surface area contributed by atoms with Crippen molar-refractivity contribution in [2.45, 2.75) is 20.0 Å². The van der Waals surface area contributed by atoms with Gasteiger partial charge in [-0.3, -0.25) is 4.68 Å². The Kier molecular flexibility index (Phi) is 4.66.